The van der Waals surface area contributed by atoms with Crippen LogP contribution in [-0.4, -0.2) is 35.9 Å². The van der Waals surface area contributed by atoms with Crippen molar-refractivity contribution in [2.45, 2.75) is 20.0 Å². The molecule has 0 heterocycles. The van der Waals surface area contributed by atoms with E-state index in [0.717, 1.165) is 0 Å². The van der Waals surface area contributed by atoms with E-state index in [1.54, 1.807) is 0 Å². The maximum Gasteiger partial charge on any atom is 0.271 e. The van der Waals surface area contributed by atoms with Crippen LogP contribution in [-0.2, 0) is 4.74 Å². The lowest BCUT2D eigenvalue weighted by molar-refractivity contribution is -0.384. The van der Waals surface area contributed by atoms with E-state index in [9.17, 15) is 15.2 Å². The molecule has 1 rings (SSSR count). The first-order valence-electron chi connectivity index (χ1n) is 6.33. The number of aliphatic hydroxyl groups excluding tert-OH is 1. The molecule has 0 aromatic heterocycles. The molecule has 1 unspecified atom stereocenters. The van der Waals surface area contributed by atoms with Gasteiger partial charge >= 0.3 is 0 Å². The Kier molecular flexibility index (Phi) is 6.70. The first-order valence-corrected chi connectivity index (χ1v) is 6.71. The number of benzene rings is 1. The minimum Gasteiger partial charge on any atom is -0.389 e. The lowest BCUT2D eigenvalue weighted by Gasteiger charge is -2.14. The van der Waals surface area contributed by atoms with E-state index in [4.69, 9.17) is 16.3 Å². The largest absolute Gasteiger partial charge is 0.389 e. The molecular formula is C13H19ClN2O4. The van der Waals surface area contributed by atoms with Crippen molar-refractivity contribution < 1.29 is 14.8 Å². The van der Waals surface area contributed by atoms with Crippen LogP contribution < -0.4 is 5.32 Å². The molecule has 0 aliphatic carbocycles. The number of nitro benzene ring substituents is 1. The number of rotatable bonds is 8. The maximum absolute atomic E-state index is 10.6. The van der Waals surface area contributed by atoms with E-state index >= 15 is 0 Å². The zero-order valence-corrected chi connectivity index (χ0v) is 12.3. The van der Waals surface area contributed by atoms with Crippen LogP contribution in [0.15, 0.2) is 18.2 Å². The summed E-state index contributed by atoms with van der Waals surface area (Å²) in [5.74, 6) is 0.416. The number of halogens is 1. The highest BCUT2D eigenvalue weighted by Crippen LogP contribution is 2.26. The van der Waals surface area contributed by atoms with Crippen LogP contribution in [0.1, 0.15) is 13.8 Å². The number of hydrogen-bond donors (Lipinski definition) is 2. The maximum atomic E-state index is 10.6. The molecule has 0 radical (unpaired) electrons. The Morgan fingerprint density at radius 2 is 2.15 bits per heavy atom. The molecule has 1 aromatic rings. The molecule has 20 heavy (non-hydrogen) atoms. The van der Waals surface area contributed by atoms with Crippen molar-refractivity contribution >= 4 is 23.0 Å². The van der Waals surface area contributed by atoms with Gasteiger partial charge in [-0.1, -0.05) is 25.4 Å². The summed E-state index contributed by atoms with van der Waals surface area (Å²) in [5, 5.41) is 23.5. The Morgan fingerprint density at radius 3 is 2.70 bits per heavy atom. The quantitative estimate of drug-likeness (QED) is 0.569. The van der Waals surface area contributed by atoms with E-state index in [1.807, 2.05) is 13.8 Å². The Balaban J connectivity index is 2.43. The van der Waals surface area contributed by atoms with Gasteiger partial charge in [-0.05, 0) is 12.0 Å². The van der Waals surface area contributed by atoms with Crippen LogP contribution in [0.25, 0.3) is 0 Å². The summed E-state index contributed by atoms with van der Waals surface area (Å²) < 4.78 is 5.31. The van der Waals surface area contributed by atoms with Gasteiger partial charge in [0.2, 0.25) is 0 Å². The van der Waals surface area contributed by atoms with Gasteiger partial charge in [-0.3, -0.25) is 10.1 Å². The highest BCUT2D eigenvalue weighted by atomic mass is 35.5. The first-order chi connectivity index (χ1) is 9.40. The van der Waals surface area contributed by atoms with Crippen LogP contribution in [0, 0.1) is 16.0 Å². The number of nitrogens with one attached hydrogen (secondary N) is 1. The third-order valence-corrected chi connectivity index (χ3v) is 2.77. The van der Waals surface area contributed by atoms with Crippen molar-refractivity contribution in [2.24, 2.45) is 5.92 Å². The molecule has 0 amide bonds. The molecule has 1 aromatic carbocycles. The summed E-state index contributed by atoms with van der Waals surface area (Å²) in [7, 11) is 0. The SMILES string of the molecule is CC(C)COCC(O)CNc1ccc([N+](=O)[O-])cc1Cl. The van der Waals surface area contributed by atoms with E-state index in [2.05, 4.69) is 5.32 Å². The zero-order chi connectivity index (χ0) is 15.1. The van der Waals surface area contributed by atoms with Gasteiger partial charge in [0.1, 0.15) is 0 Å². The van der Waals surface area contributed by atoms with Gasteiger partial charge in [-0.15, -0.1) is 0 Å². The highest BCUT2D eigenvalue weighted by Gasteiger charge is 2.11. The summed E-state index contributed by atoms with van der Waals surface area (Å²) in [5.41, 5.74) is 0.474. The number of nitrogens with zero attached hydrogens (tertiary/aromatic N) is 1. The van der Waals surface area contributed by atoms with E-state index in [1.165, 1.54) is 18.2 Å². The van der Waals surface area contributed by atoms with Crippen LogP contribution in [0.3, 0.4) is 0 Å². The van der Waals surface area contributed by atoms with Gasteiger partial charge in [-0.2, -0.15) is 0 Å². The number of non-ortho nitro benzene ring substituents is 1. The molecule has 1 atom stereocenters. The van der Waals surface area contributed by atoms with Crippen molar-refractivity contribution in [3.8, 4) is 0 Å². The summed E-state index contributed by atoms with van der Waals surface area (Å²) in [6.07, 6.45) is -0.667. The predicted octanol–water partition coefficient (Wildman–Crippen LogP) is 2.69. The van der Waals surface area contributed by atoms with Crippen molar-refractivity contribution in [2.75, 3.05) is 25.1 Å². The average molecular weight is 303 g/mol. The van der Waals surface area contributed by atoms with E-state index in [0.29, 0.717) is 18.2 Å². The second-order valence-electron chi connectivity index (χ2n) is 4.89. The molecule has 112 valence electrons. The minimum atomic E-state index is -0.667. The Bertz CT molecular complexity index is 454. The molecule has 0 bridgehead atoms. The summed E-state index contributed by atoms with van der Waals surface area (Å²) >= 11 is 5.92. The monoisotopic (exact) mass is 302 g/mol. The van der Waals surface area contributed by atoms with Crippen LogP contribution in [0.2, 0.25) is 5.02 Å². The van der Waals surface area contributed by atoms with Crippen LogP contribution >= 0.6 is 11.6 Å². The molecule has 0 aliphatic rings. The van der Waals surface area contributed by atoms with Gasteiger partial charge in [0.05, 0.1) is 28.3 Å². The molecule has 0 saturated carbocycles. The van der Waals surface area contributed by atoms with E-state index < -0.39 is 11.0 Å². The van der Waals surface area contributed by atoms with Crippen LogP contribution in [0.5, 0.6) is 0 Å². The second kappa shape index (κ2) is 8.04. The molecule has 2 N–H and O–H groups in total. The Labute approximate surface area is 122 Å². The molecule has 6 nitrogen and oxygen atoms in total. The number of hydrogen-bond acceptors (Lipinski definition) is 5. The number of aliphatic hydroxyl groups is 1. The fourth-order valence-corrected chi connectivity index (χ4v) is 1.73. The van der Waals surface area contributed by atoms with Crippen molar-refractivity contribution in [1.29, 1.82) is 0 Å². The smallest absolute Gasteiger partial charge is 0.271 e. The zero-order valence-electron chi connectivity index (χ0n) is 11.5. The Morgan fingerprint density at radius 1 is 1.45 bits per heavy atom. The molecule has 0 spiro atoms. The first kappa shape index (κ1) is 16.7. The topological polar surface area (TPSA) is 84.6 Å². The molecule has 0 aliphatic heterocycles. The standard InChI is InChI=1S/C13H19ClN2O4/c1-9(2)7-20-8-11(17)6-15-13-4-3-10(16(18)19)5-12(13)14/h3-5,9,11,15,17H,6-8H2,1-2H3. The van der Waals surface area contributed by atoms with Crippen molar-refractivity contribution in [3.63, 3.8) is 0 Å². The van der Waals surface area contributed by atoms with Gasteiger partial charge < -0.3 is 15.2 Å². The second-order valence-corrected chi connectivity index (χ2v) is 5.29. The van der Waals surface area contributed by atoms with Gasteiger partial charge in [-0.25, -0.2) is 0 Å². The third kappa shape index (κ3) is 5.73. The summed E-state index contributed by atoms with van der Waals surface area (Å²) in [6.45, 7) is 5.14. The fraction of sp³-hybridized carbons (Fsp3) is 0.538. The Hall–Kier alpha value is -1.37. The highest BCUT2D eigenvalue weighted by molar-refractivity contribution is 6.33. The number of ether oxygens (including phenoxy) is 1. The summed E-state index contributed by atoms with van der Waals surface area (Å²) in [6, 6.07) is 4.14. The van der Waals surface area contributed by atoms with Gasteiger partial charge in [0.15, 0.2) is 0 Å². The number of anilines is 1. The lowest BCUT2D eigenvalue weighted by Crippen LogP contribution is -2.25. The van der Waals surface area contributed by atoms with Gasteiger partial charge in [0.25, 0.3) is 5.69 Å². The van der Waals surface area contributed by atoms with E-state index in [-0.39, 0.29) is 23.9 Å². The van der Waals surface area contributed by atoms with Crippen LogP contribution in [0.4, 0.5) is 11.4 Å². The number of nitro groups is 1. The molecular weight excluding hydrogens is 284 g/mol. The predicted molar refractivity (Wildman–Crippen MR) is 78.3 cm³/mol. The fourth-order valence-electron chi connectivity index (χ4n) is 1.49. The minimum absolute atomic E-state index is 0.0682. The lowest BCUT2D eigenvalue weighted by atomic mass is 10.2. The van der Waals surface area contributed by atoms with Crippen molar-refractivity contribution in [3.05, 3.63) is 33.3 Å². The normalized spacial score (nSPS) is 12.4. The summed E-state index contributed by atoms with van der Waals surface area (Å²) in [4.78, 5) is 10.1. The van der Waals surface area contributed by atoms with Crippen molar-refractivity contribution in [1.82, 2.24) is 0 Å². The third-order valence-electron chi connectivity index (χ3n) is 2.45. The molecule has 7 heteroatoms. The van der Waals surface area contributed by atoms with Gasteiger partial charge in [0, 0.05) is 25.3 Å². The average Bonchev–Trinajstić information content (AvgIpc) is 2.36. The molecule has 0 saturated heterocycles. The molecule has 0 fully saturated rings.